The highest BCUT2D eigenvalue weighted by Crippen LogP contribution is 2.25. The smallest absolute Gasteiger partial charge is 0.329 e. The summed E-state index contributed by atoms with van der Waals surface area (Å²) in [6.07, 6.45) is 4.83. The van der Waals surface area contributed by atoms with Crippen molar-refractivity contribution in [3.8, 4) is 0 Å². The van der Waals surface area contributed by atoms with E-state index in [-0.39, 0.29) is 17.5 Å². The highest BCUT2D eigenvalue weighted by atomic mass is 16.6. The number of piperidine rings is 1. The molecule has 1 aromatic heterocycles. The number of aromatic nitrogens is 2. The van der Waals surface area contributed by atoms with Crippen LogP contribution in [-0.2, 0) is 6.54 Å². The first-order valence-electron chi connectivity index (χ1n) is 7.99. The van der Waals surface area contributed by atoms with Crippen LogP contribution in [0.15, 0.2) is 30.5 Å². The third-order valence-corrected chi connectivity index (χ3v) is 4.12. The third-order valence-electron chi connectivity index (χ3n) is 4.12. The lowest BCUT2D eigenvalue weighted by atomic mass is 10.1. The van der Waals surface area contributed by atoms with E-state index in [1.54, 1.807) is 0 Å². The fourth-order valence-electron chi connectivity index (χ4n) is 2.89. The number of hydrogen-bond donors (Lipinski definition) is 2. The summed E-state index contributed by atoms with van der Waals surface area (Å²) in [5, 5.41) is 13.8. The lowest BCUT2D eigenvalue weighted by Crippen LogP contribution is -2.30. The fraction of sp³-hybridized carbons (Fsp3) is 0.375. The van der Waals surface area contributed by atoms with E-state index in [2.05, 4.69) is 32.3 Å². The van der Waals surface area contributed by atoms with Gasteiger partial charge in [0.2, 0.25) is 11.8 Å². The van der Waals surface area contributed by atoms with Crippen molar-refractivity contribution in [2.75, 3.05) is 29.0 Å². The predicted molar refractivity (Wildman–Crippen MR) is 92.9 cm³/mol. The summed E-state index contributed by atoms with van der Waals surface area (Å²) in [4.78, 5) is 20.5. The molecule has 0 unspecified atom stereocenters. The van der Waals surface area contributed by atoms with Gasteiger partial charge < -0.3 is 16.0 Å². The van der Waals surface area contributed by atoms with Crippen LogP contribution in [0.5, 0.6) is 0 Å². The van der Waals surface area contributed by atoms with E-state index in [4.69, 9.17) is 5.73 Å². The molecular weight excluding hydrogens is 308 g/mol. The molecule has 1 fully saturated rings. The summed E-state index contributed by atoms with van der Waals surface area (Å²) < 4.78 is 0. The summed E-state index contributed by atoms with van der Waals surface area (Å²) in [5.41, 5.74) is 7.66. The Morgan fingerprint density at radius 2 is 2.00 bits per heavy atom. The second-order valence-electron chi connectivity index (χ2n) is 5.75. The first-order chi connectivity index (χ1) is 11.6. The molecule has 0 saturated carbocycles. The number of nitrogen functional groups attached to an aromatic ring is 1. The Bertz CT molecular complexity index is 730. The van der Waals surface area contributed by atoms with Crippen molar-refractivity contribution < 1.29 is 4.92 Å². The van der Waals surface area contributed by atoms with Crippen LogP contribution in [0.1, 0.15) is 24.8 Å². The van der Waals surface area contributed by atoms with E-state index in [1.165, 1.54) is 24.9 Å². The Labute approximate surface area is 139 Å². The molecule has 1 aliphatic heterocycles. The van der Waals surface area contributed by atoms with Crippen LogP contribution < -0.4 is 16.0 Å². The minimum atomic E-state index is -0.592. The van der Waals surface area contributed by atoms with Crippen molar-refractivity contribution >= 4 is 23.1 Å². The number of anilines is 3. The summed E-state index contributed by atoms with van der Waals surface area (Å²) in [5.74, 6) is 0.147. The maximum absolute atomic E-state index is 10.8. The first kappa shape index (κ1) is 16.0. The van der Waals surface area contributed by atoms with Crippen LogP contribution in [0.4, 0.5) is 23.1 Å². The topological polar surface area (TPSA) is 110 Å². The Balaban J connectivity index is 1.73. The summed E-state index contributed by atoms with van der Waals surface area (Å²) >= 11 is 0. The van der Waals surface area contributed by atoms with Crippen molar-refractivity contribution in [2.45, 2.75) is 25.8 Å². The average Bonchev–Trinajstić information content (AvgIpc) is 2.61. The van der Waals surface area contributed by atoms with Crippen molar-refractivity contribution in [3.63, 3.8) is 0 Å². The fourth-order valence-corrected chi connectivity index (χ4v) is 2.89. The quantitative estimate of drug-likeness (QED) is 0.641. The van der Waals surface area contributed by atoms with Crippen molar-refractivity contribution in [1.82, 2.24) is 9.97 Å². The highest BCUT2D eigenvalue weighted by molar-refractivity contribution is 5.56. The minimum Gasteiger partial charge on any atom is -0.378 e. The lowest BCUT2D eigenvalue weighted by molar-refractivity contribution is -0.384. The third kappa shape index (κ3) is 3.53. The van der Waals surface area contributed by atoms with Gasteiger partial charge in [-0.1, -0.05) is 18.2 Å². The maximum Gasteiger partial charge on any atom is 0.329 e. The molecule has 3 N–H and O–H groups in total. The van der Waals surface area contributed by atoms with Crippen LogP contribution in [0, 0.1) is 10.1 Å². The molecule has 1 saturated heterocycles. The zero-order valence-corrected chi connectivity index (χ0v) is 13.3. The van der Waals surface area contributed by atoms with Crippen LogP contribution in [0.25, 0.3) is 0 Å². The summed E-state index contributed by atoms with van der Waals surface area (Å²) in [6.45, 7) is 2.67. The van der Waals surface area contributed by atoms with E-state index in [1.807, 2.05) is 12.1 Å². The van der Waals surface area contributed by atoms with Gasteiger partial charge in [-0.05, 0) is 30.9 Å². The highest BCUT2D eigenvalue weighted by Gasteiger charge is 2.16. The van der Waals surface area contributed by atoms with Crippen LogP contribution in [-0.4, -0.2) is 28.0 Å². The molecule has 126 valence electrons. The molecule has 3 rings (SSSR count). The number of nitrogens with two attached hydrogens (primary N) is 1. The molecular formula is C16H20N6O2. The second-order valence-corrected chi connectivity index (χ2v) is 5.75. The molecule has 0 bridgehead atoms. The number of rotatable bonds is 5. The Hall–Kier alpha value is -2.90. The SMILES string of the molecule is Nc1nc(NCc2ccccc2N2CCCCC2)ncc1[N+](=O)[O-]. The van der Waals surface area contributed by atoms with Gasteiger partial charge in [0.15, 0.2) is 0 Å². The number of nitro groups is 1. The van der Waals surface area contributed by atoms with Crippen molar-refractivity contribution in [2.24, 2.45) is 0 Å². The number of nitrogens with one attached hydrogen (secondary N) is 1. The normalized spacial score (nSPS) is 14.4. The van der Waals surface area contributed by atoms with E-state index in [0.29, 0.717) is 6.54 Å². The van der Waals surface area contributed by atoms with Gasteiger partial charge in [0.1, 0.15) is 6.20 Å². The van der Waals surface area contributed by atoms with E-state index < -0.39 is 4.92 Å². The predicted octanol–water partition coefficient (Wildman–Crippen LogP) is 2.57. The van der Waals surface area contributed by atoms with Crippen LogP contribution in [0.3, 0.4) is 0 Å². The molecule has 0 radical (unpaired) electrons. The summed E-state index contributed by atoms with van der Waals surface area (Å²) in [7, 11) is 0. The van der Waals surface area contributed by atoms with Gasteiger partial charge in [-0.15, -0.1) is 0 Å². The number of benzene rings is 1. The van der Waals surface area contributed by atoms with Crippen LogP contribution in [0.2, 0.25) is 0 Å². The van der Waals surface area contributed by atoms with E-state index in [0.717, 1.165) is 24.8 Å². The zero-order valence-electron chi connectivity index (χ0n) is 13.3. The molecule has 2 aromatic rings. The van der Waals surface area contributed by atoms with E-state index >= 15 is 0 Å². The molecule has 2 heterocycles. The van der Waals surface area contributed by atoms with Gasteiger partial charge >= 0.3 is 5.69 Å². The first-order valence-corrected chi connectivity index (χ1v) is 7.99. The van der Waals surface area contributed by atoms with Crippen LogP contribution >= 0.6 is 0 Å². The summed E-state index contributed by atoms with van der Waals surface area (Å²) in [6, 6.07) is 8.21. The number of nitrogens with zero attached hydrogens (tertiary/aromatic N) is 4. The van der Waals surface area contributed by atoms with E-state index in [9.17, 15) is 10.1 Å². The Kier molecular flexibility index (Phi) is 4.74. The largest absolute Gasteiger partial charge is 0.378 e. The molecule has 8 nitrogen and oxygen atoms in total. The molecule has 1 aromatic carbocycles. The average molecular weight is 328 g/mol. The maximum atomic E-state index is 10.8. The molecule has 8 heteroatoms. The van der Waals surface area contributed by atoms with Gasteiger partial charge in [-0.2, -0.15) is 4.98 Å². The van der Waals surface area contributed by atoms with Crippen molar-refractivity contribution in [3.05, 3.63) is 46.1 Å². The minimum absolute atomic E-state index is 0.137. The standard InChI is InChI=1S/C16H20N6O2/c17-15-14(22(23)24)11-19-16(20-15)18-10-12-6-2-3-7-13(12)21-8-4-1-5-9-21/h2-3,6-7,11H,1,4-5,8-10H2,(H3,17,18,19,20). The molecule has 0 amide bonds. The zero-order chi connectivity index (χ0) is 16.9. The van der Waals surface area contributed by atoms with Gasteiger partial charge in [-0.3, -0.25) is 10.1 Å². The number of hydrogen-bond acceptors (Lipinski definition) is 7. The molecule has 0 aliphatic carbocycles. The van der Waals surface area contributed by atoms with Gasteiger partial charge in [0.25, 0.3) is 0 Å². The Morgan fingerprint density at radius 3 is 2.71 bits per heavy atom. The van der Waals surface area contributed by atoms with Gasteiger partial charge in [0, 0.05) is 25.3 Å². The number of para-hydroxylation sites is 1. The van der Waals surface area contributed by atoms with Crippen molar-refractivity contribution in [1.29, 1.82) is 0 Å². The molecule has 1 aliphatic rings. The lowest BCUT2D eigenvalue weighted by Gasteiger charge is -2.30. The second kappa shape index (κ2) is 7.12. The van der Waals surface area contributed by atoms with Gasteiger partial charge in [0.05, 0.1) is 4.92 Å². The Morgan fingerprint density at radius 1 is 1.25 bits per heavy atom. The van der Waals surface area contributed by atoms with Gasteiger partial charge in [-0.25, -0.2) is 4.98 Å². The molecule has 24 heavy (non-hydrogen) atoms. The monoisotopic (exact) mass is 328 g/mol. The molecule has 0 atom stereocenters. The molecule has 0 spiro atoms.